The fraction of sp³-hybridized carbons (Fsp3) is 0.324. The minimum atomic E-state index is 0. The fourth-order valence-electron chi connectivity index (χ4n) is 19.8. The van der Waals surface area contributed by atoms with Crippen LogP contribution in [-0.2, 0) is 45.1 Å². The van der Waals surface area contributed by atoms with Gasteiger partial charge in [-0.15, -0.1) is 0 Å². The highest BCUT2D eigenvalue weighted by atomic mass is 35.5. The Bertz CT molecular complexity index is 6700. The molecule has 0 saturated carbocycles. The van der Waals surface area contributed by atoms with E-state index in [0.29, 0.717) is 10.6 Å². The predicted octanol–water partition coefficient (Wildman–Crippen LogP) is 21.5. The van der Waals surface area contributed by atoms with E-state index in [1.54, 1.807) is 0 Å². The van der Waals surface area contributed by atoms with E-state index >= 15 is 0 Å². The minimum Gasteiger partial charge on any atom is -0.379 e. The number of halogens is 1. The van der Waals surface area contributed by atoms with Crippen LogP contribution in [0.4, 0.5) is 0 Å². The van der Waals surface area contributed by atoms with E-state index in [1.807, 2.05) is 128 Å². The minimum absolute atomic E-state index is 0. The molecule has 129 heavy (non-hydrogen) atoms. The third-order valence-electron chi connectivity index (χ3n) is 27.0. The third kappa shape index (κ3) is 18.7. The van der Waals surface area contributed by atoms with Crippen molar-refractivity contribution >= 4 is 122 Å². The van der Waals surface area contributed by atoms with E-state index in [4.69, 9.17) is 30.5 Å². The van der Waals surface area contributed by atoms with Crippen LogP contribution < -0.4 is 0 Å². The zero-order chi connectivity index (χ0) is 89.0. The molecule has 17 nitrogen and oxygen atoms in total. The molecule has 0 radical (unpaired) electrons. The van der Waals surface area contributed by atoms with Gasteiger partial charge in [-0.3, -0.25) is 38.8 Å². The first kappa shape index (κ1) is 90.8. The maximum atomic E-state index is 14.1. The first-order chi connectivity index (χ1) is 62.2. The Labute approximate surface area is 762 Å². The number of hydrogen-bond donors (Lipinski definition) is 0. The number of benzene rings is 11. The molecule has 4 fully saturated rings. The molecule has 0 spiro atoms. The lowest BCUT2D eigenvalue weighted by Crippen LogP contribution is -2.38. The van der Waals surface area contributed by atoms with E-state index in [-0.39, 0.29) is 30.6 Å². The standard InChI is InChI=1S/C28H29ClN2O2.2C28H30N2O2.C26H27N3O2.CH4/c1-18-16-24(29)27-25(17-18)31(11-10-30-12-14-33-15-13-30)20(3)26(27)28(32)23-9-8-19(2)21-6-4-5-7-22(21)23;2*1-19-8-10-25-26(18-19)30(13-12-29-14-16-32-17-15-29)21(3)27(25)28(31)24-11-9-20(2)22-6-4-5-7-23(22)24;1-18-9-10-22(21-7-4-3-6-20(18)21)25(30)24-19(2)29(26-23(24)8-5-11-27-26)13-12-28-14-16-31-17-15-28;/h4-9,16-17H,10-15H2,1-3H3;2*4-11,18H,12-17H2,1-3H3;3-11H,12-17H2,1-2H3;1H4. The Balaban J connectivity index is 0.000000126. The maximum Gasteiger partial charge on any atom is 0.196 e. The lowest BCUT2D eigenvalue weighted by atomic mass is 9.93. The summed E-state index contributed by atoms with van der Waals surface area (Å²) in [6, 6.07) is 69.7. The smallest absolute Gasteiger partial charge is 0.196 e. The highest BCUT2D eigenvalue weighted by Crippen LogP contribution is 2.40. The molecular formula is C111H120ClN9O8. The van der Waals surface area contributed by atoms with Gasteiger partial charge in [0.15, 0.2) is 23.1 Å². The Kier molecular flexibility index (Phi) is 28.3. The molecule has 0 atom stereocenters. The zero-order valence-electron chi connectivity index (χ0n) is 75.8. The van der Waals surface area contributed by atoms with Crippen molar-refractivity contribution in [1.82, 2.24) is 42.9 Å². The fourth-order valence-corrected chi connectivity index (χ4v) is 20.2. The summed E-state index contributed by atoms with van der Waals surface area (Å²) < 4.78 is 31.1. The summed E-state index contributed by atoms with van der Waals surface area (Å²) in [6.07, 6.45) is 1.81. The van der Waals surface area contributed by atoms with Gasteiger partial charge in [-0.05, 0) is 195 Å². The van der Waals surface area contributed by atoms with Crippen molar-refractivity contribution in [2.24, 2.45) is 0 Å². The van der Waals surface area contributed by atoms with Gasteiger partial charge >= 0.3 is 0 Å². The summed E-state index contributed by atoms with van der Waals surface area (Å²) in [6.45, 7) is 44.1. The number of fused-ring (bicyclic) bond motifs is 8. The first-order valence-electron chi connectivity index (χ1n) is 45.4. The summed E-state index contributed by atoms with van der Waals surface area (Å²) in [4.78, 5) is 70.2. The van der Waals surface area contributed by atoms with E-state index in [2.05, 4.69) is 203 Å². The van der Waals surface area contributed by atoms with Gasteiger partial charge in [0.25, 0.3) is 0 Å². The van der Waals surface area contributed by atoms with Gasteiger partial charge in [-0.2, -0.15) is 0 Å². The van der Waals surface area contributed by atoms with E-state index < -0.39 is 0 Å². The van der Waals surface area contributed by atoms with Gasteiger partial charge in [0.05, 0.1) is 85.6 Å². The van der Waals surface area contributed by atoms with Crippen LogP contribution in [-0.4, -0.2) is 197 Å². The Morgan fingerprint density at radius 1 is 0.287 bits per heavy atom. The SMILES string of the molecule is C.Cc1cc(Cl)c2c(C(=O)c3ccc(C)c4ccccc34)c(C)n(CCN3CCOCC3)c2c1.Cc1ccc(C(=O)c2c(C)n(CCN3CCOCC3)c3ncccc23)c2ccccc12.Cc1ccc2c(C(=O)c3ccc(C)c4ccccc34)c(C)n(CCN3CCOCC3)c2c1.Cc1ccc2c(C(=O)c3ccc(C)c4ccccc34)c(C)n(CCN3CCOCC3)c2c1. The Morgan fingerprint density at radius 3 is 0.915 bits per heavy atom. The molecule has 16 aromatic rings. The van der Waals surface area contributed by atoms with Crippen LogP contribution in [0.25, 0.3) is 86.8 Å². The van der Waals surface area contributed by atoms with E-state index in [1.165, 1.54) is 33.4 Å². The van der Waals surface area contributed by atoms with Crippen LogP contribution >= 0.6 is 11.6 Å². The highest BCUT2D eigenvalue weighted by Gasteiger charge is 2.31. The number of aromatic nitrogens is 5. The molecule has 0 amide bonds. The molecule has 0 unspecified atom stereocenters. The van der Waals surface area contributed by atoms with Crippen molar-refractivity contribution < 1.29 is 38.1 Å². The molecule has 4 aliphatic heterocycles. The lowest BCUT2D eigenvalue weighted by Gasteiger charge is -2.27. The number of ketones is 4. The molecule has 4 saturated heterocycles. The van der Waals surface area contributed by atoms with Crippen molar-refractivity contribution in [1.29, 1.82) is 0 Å². The summed E-state index contributed by atoms with van der Waals surface area (Å²) in [5.74, 6) is 0.316. The monoisotopic (exact) mass is 1740 g/mol. The number of carbonyl (C=O) groups excluding carboxylic acids is 4. The van der Waals surface area contributed by atoms with Crippen LogP contribution in [0, 0.1) is 76.2 Å². The molecule has 18 heteroatoms. The number of ether oxygens (including phenoxy) is 4. The number of aryl methyl sites for hydroxylation is 7. The number of hydrogen-bond acceptors (Lipinski definition) is 13. The number of nitrogens with zero attached hydrogens (tertiary/aromatic N) is 9. The number of carbonyl (C=O) groups is 4. The molecule has 0 bridgehead atoms. The first-order valence-corrected chi connectivity index (χ1v) is 45.8. The number of rotatable bonds is 20. The second-order valence-corrected chi connectivity index (χ2v) is 35.4. The van der Waals surface area contributed by atoms with Gasteiger partial charge in [-0.1, -0.05) is 189 Å². The van der Waals surface area contributed by atoms with E-state index in [0.717, 1.165) is 312 Å². The highest BCUT2D eigenvalue weighted by molar-refractivity contribution is 6.38. The van der Waals surface area contributed by atoms with Crippen LogP contribution in [0.5, 0.6) is 0 Å². The van der Waals surface area contributed by atoms with Crippen LogP contribution in [0.3, 0.4) is 0 Å². The Morgan fingerprint density at radius 2 is 0.566 bits per heavy atom. The molecule has 664 valence electrons. The molecule has 5 aromatic heterocycles. The molecule has 0 aliphatic carbocycles. The summed E-state index contributed by atoms with van der Waals surface area (Å²) in [5.41, 5.74) is 22.7. The van der Waals surface area contributed by atoms with Gasteiger partial charge in [0.1, 0.15) is 5.65 Å². The van der Waals surface area contributed by atoms with Crippen LogP contribution in [0.2, 0.25) is 5.02 Å². The molecule has 11 aromatic carbocycles. The van der Waals surface area contributed by atoms with Gasteiger partial charge in [0.2, 0.25) is 0 Å². The molecule has 0 N–H and O–H groups in total. The van der Waals surface area contributed by atoms with Gasteiger partial charge < -0.3 is 37.2 Å². The second kappa shape index (κ2) is 40.2. The topological polar surface area (TPSA) is 151 Å². The Hall–Kier alpha value is -11.6. The lowest BCUT2D eigenvalue weighted by molar-refractivity contribution is 0.0364. The number of pyridine rings is 1. The van der Waals surface area contributed by atoms with Crippen molar-refractivity contribution in [3.05, 3.63) is 324 Å². The summed E-state index contributed by atoms with van der Waals surface area (Å²) in [7, 11) is 0. The second-order valence-electron chi connectivity index (χ2n) is 35.0. The normalized spacial score (nSPS) is 14.9. The molecular weight excluding hydrogens is 1620 g/mol. The summed E-state index contributed by atoms with van der Waals surface area (Å²) >= 11 is 6.78. The largest absolute Gasteiger partial charge is 0.379 e. The summed E-state index contributed by atoms with van der Waals surface area (Å²) in [5, 5.41) is 13.1. The van der Waals surface area contributed by atoms with Crippen LogP contribution in [0.15, 0.2) is 212 Å². The molecule has 20 rings (SSSR count). The third-order valence-corrected chi connectivity index (χ3v) is 27.3. The van der Waals surface area contributed by atoms with Crippen molar-refractivity contribution in [2.45, 2.75) is 110 Å². The predicted molar refractivity (Wildman–Crippen MR) is 528 cm³/mol. The quantitative estimate of drug-likeness (QED) is 0.0667. The van der Waals surface area contributed by atoms with Crippen LogP contribution in [0.1, 0.15) is 133 Å². The maximum absolute atomic E-state index is 14.1. The van der Waals surface area contributed by atoms with Gasteiger partial charge in [-0.25, -0.2) is 4.98 Å². The van der Waals surface area contributed by atoms with Crippen molar-refractivity contribution in [2.75, 3.05) is 131 Å². The van der Waals surface area contributed by atoms with E-state index in [9.17, 15) is 19.2 Å². The van der Waals surface area contributed by atoms with Gasteiger partial charge in [0, 0.05) is 189 Å². The zero-order valence-corrected chi connectivity index (χ0v) is 76.6. The molecule has 9 heterocycles. The average Bonchev–Trinajstić information content (AvgIpc) is 1.59. The molecule has 4 aliphatic rings. The number of morpholine rings is 4. The van der Waals surface area contributed by atoms with Crippen molar-refractivity contribution in [3.63, 3.8) is 0 Å². The average molecular weight is 1740 g/mol. The van der Waals surface area contributed by atoms with Crippen molar-refractivity contribution in [3.8, 4) is 0 Å².